The summed E-state index contributed by atoms with van der Waals surface area (Å²) in [6, 6.07) is -1.51. The molecule has 0 aromatic heterocycles. The van der Waals surface area contributed by atoms with E-state index in [1.807, 2.05) is 13.8 Å². The highest BCUT2D eigenvalue weighted by Gasteiger charge is 2.39. The van der Waals surface area contributed by atoms with Crippen molar-refractivity contribution < 1.29 is 19.5 Å². The summed E-state index contributed by atoms with van der Waals surface area (Å²) in [5, 5.41) is 12.2. The summed E-state index contributed by atoms with van der Waals surface area (Å²) in [5.74, 6) is -1.41. The third-order valence-corrected chi connectivity index (χ3v) is 3.80. The Labute approximate surface area is 118 Å². The zero-order valence-corrected chi connectivity index (χ0v) is 12.1. The molecule has 0 unspecified atom stereocenters. The lowest BCUT2D eigenvalue weighted by Gasteiger charge is -2.26. The van der Waals surface area contributed by atoms with Gasteiger partial charge in [0.15, 0.2) is 0 Å². The van der Waals surface area contributed by atoms with E-state index in [4.69, 9.17) is 5.73 Å². The Bertz CT molecular complexity index is 399. The average molecular weight is 285 g/mol. The molecule has 3 amide bonds. The van der Waals surface area contributed by atoms with Gasteiger partial charge in [-0.05, 0) is 5.92 Å². The van der Waals surface area contributed by atoms with E-state index in [0.29, 0.717) is 6.42 Å². The van der Waals surface area contributed by atoms with E-state index >= 15 is 0 Å². The second kappa shape index (κ2) is 6.69. The molecule has 1 aliphatic heterocycles. The van der Waals surface area contributed by atoms with Crippen LogP contribution in [0.25, 0.3) is 0 Å². The van der Waals surface area contributed by atoms with Gasteiger partial charge < -0.3 is 21.1 Å². The van der Waals surface area contributed by atoms with Crippen molar-refractivity contribution >= 4 is 17.7 Å². The first-order valence-corrected chi connectivity index (χ1v) is 6.82. The Morgan fingerprint density at radius 2 is 2.05 bits per heavy atom. The third-order valence-electron chi connectivity index (χ3n) is 3.80. The molecule has 1 heterocycles. The van der Waals surface area contributed by atoms with Crippen molar-refractivity contribution in [2.45, 2.75) is 51.8 Å². The van der Waals surface area contributed by atoms with Gasteiger partial charge in [0, 0.05) is 19.9 Å². The van der Waals surface area contributed by atoms with Gasteiger partial charge in [0.1, 0.15) is 12.1 Å². The van der Waals surface area contributed by atoms with Crippen LogP contribution in [-0.4, -0.2) is 52.5 Å². The van der Waals surface area contributed by atoms with Crippen LogP contribution in [0.2, 0.25) is 0 Å². The molecule has 0 bridgehead atoms. The van der Waals surface area contributed by atoms with E-state index < -0.39 is 30.0 Å². The number of carbonyl (C=O) groups excluding carboxylic acids is 3. The van der Waals surface area contributed by atoms with Crippen LogP contribution >= 0.6 is 0 Å². The number of primary amides is 1. The van der Waals surface area contributed by atoms with Crippen LogP contribution in [0.1, 0.15) is 33.6 Å². The van der Waals surface area contributed by atoms with E-state index in [1.165, 1.54) is 11.8 Å². The fraction of sp³-hybridized carbons (Fsp3) is 0.769. The number of nitrogens with two attached hydrogens (primary N) is 1. The molecular weight excluding hydrogens is 262 g/mol. The third kappa shape index (κ3) is 3.69. The van der Waals surface area contributed by atoms with Gasteiger partial charge in [-0.2, -0.15) is 0 Å². The molecule has 4 atom stereocenters. The molecule has 0 aromatic carbocycles. The van der Waals surface area contributed by atoms with Crippen molar-refractivity contribution in [3.8, 4) is 0 Å². The van der Waals surface area contributed by atoms with Crippen LogP contribution in [-0.2, 0) is 14.4 Å². The molecule has 7 nitrogen and oxygen atoms in total. The maximum atomic E-state index is 12.2. The highest BCUT2D eigenvalue weighted by atomic mass is 16.3. The summed E-state index contributed by atoms with van der Waals surface area (Å²) in [7, 11) is 0. The SMILES string of the molecule is CC[C@H](C)[C@H](NC(=O)[C@@H]1C[C@@H](O)CN1C(C)=O)C(N)=O. The lowest BCUT2D eigenvalue weighted by Crippen LogP contribution is -2.54. The monoisotopic (exact) mass is 285 g/mol. The molecule has 0 saturated carbocycles. The molecule has 114 valence electrons. The van der Waals surface area contributed by atoms with E-state index in [1.54, 1.807) is 0 Å². The summed E-state index contributed by atoms with van der Waals surface area (Å²) >= 11 is 0. The van der Waals surface area contributed by atoms with E-state index in [9.17, 15) is 19.5 Å². The highest BCUT2D eigenvalue weighted by molar-refractivity contribution is 5.91. The Hall–Kier alpha value is -1.63. The molecule has 0 aromatic rings. The quantitative estimate of drug-likeness (QED) is 0.600. The predicted octanol–water partition coefficient (Wildman–Crippen LogP) is -1.02. The van der Waals surface area contributed by atoms with E-state index in [0.717, 1.165) is 0 Å². The maximum Gasteiger partial charge on any atom is 0.243 e. The standard InChI is InChI=1S/C13H23N3O4/c1-4-7(2)11(12(14)19)15-13(20)10-5-9(18)6-16(10)8(3)17/h7,9-11,18H,4-6H2,1-3H3,(H2,14,19)(H,15,20)/t7-,9+,10-,11-/m0/s1. The number of nitrogens with zero attached hydrogens (tertiary/aromatic N) is 1. The van der Waals surface area contributed by atoms with Crippen LogP contribution in [0, 0.1) is 5.92 Å². The first-order valence-electron chi connectivity index (χ1n) is 6.82. The van der Waals surface area contributed by atoms with Gasteiger partial charge in [-0.15, -0.1) is 0 Å². The minimum absolute atomic E-state index is 0.0893. The normalized spacial score (nSPS) is 25.1. The van der Waals surface area contributed by atoms with Crippen molar-refractivity contribution in [3.05, 3.63) is 0 Å². The Morgan fingerprint density at radius 1 is 1.45 bits per heavy atom. The summed E-state index contributed by atoms with van der Waals surface area (Å²) in [6.07, 6.45) is 0.153. The first kappa shape index (κ1) is 16.4. The predicted molar refractivity (Wildman–Crippen MR) is 72.4 cm³/mol. The molecule has 0 radical (unpaired) electrons. The van der Waals surface area contributed by atoms with Gasteiger partial charge in [0.2, 0.25) is 17.7 Å². The number of β-amino-alcohol motifs (C(OH)–C–C–N with tert-alkyl or cyclic N) is 1. The average Bonchev–Trinajstić information content (AvgIpc) is 2.76. The maximum absolute atomic E-state index is 12.2. The van der Waals surface area contributed by atoms with Crippen LogP contribution in [0.15, 0.2) is 0 Å². The number of hydrogen-bond donors (Lipinski definition) is 3. The summed E-state index contributed by atoms with van der Waals surface area (Å²) in [4.78, 5) is 36.4. The Kier molecular flexibility index (Phi) is 5.50. The van der Waals surface area contributed by atoms with E-state index in [2.05, 4.69) is 5.32 Å². The minimum atomic E-state index is -0.765. The zero-order valence-electron chi connectivity index (χ0n) is 12.1. The van der Waals surface area contributed by atoms with Crippen LogP contribution in [0.3, 0.4) is 0 Å². The van der Waals surface area contributed by atoms with Gasteiger partial charge in [0.25, 0.3) is 0 Å². The Morgan fingerprint density at radius 3 is 2.50 bits per heavy atom. The zero-order chi connectivity index (χ0) is 15.4. The molecule has 4 N–H and O–H groups in total. The molecular formula is C13H23N3O4. The highest BCUT2D eigenvalue weighted by Crippen LogP contribution is 2.19. The number of carbonyl (C=O) groups is 3. The number of amides is 3. The van der Waals surface area contributed by atoms with Crippen LogP contribution < -0.4 is 11.1 Å². The number of rotatable bonds is 5. The summed E-state index contributed by atoms with van der Waals surface area (Å²) in [6.45, 7) is 5.20. The fourth-order valence-electron chi connectivity index (χ4n) is 2.39. The molecule has 7 heteroatoms. The lowest BCUT2D eigenvalue weighted by molar-refractivity contribution is -0.138. The summed E-state index contributed by atoms with van der Waals surface area (Å²) < 4.78 is 0. The van der Waals surface area contributed by atoms with Crippen LogP contribution in [0.5, 0.6) is 0 Å². The van der Waals surface area contributed by atoms with Crippen molar-refractivity contribution in [3.63, 3.8) is 0 Å². The number of likely N-dealkylation sites (tertiary alicyclic amines) is 1. The first-order chi connectivity index (χ1) is 9.27. The van der Waals surface area contributed by atoms with Gasteiger partial charge >= 0.3 is 0 Å². The molecule has 20 heavy (non-hydrogen) atoms. The fourth-order valence-corrected chi connectivity index (χ4v) is 2.39. The topological polar surface area (TPSA) is 113 Å². The molecule has 1 fully saturated rings. The second-order valence-corrected chi connectivity index (χ2v) is 5.35. The van der Waals surface area contributed by atoms with Gasteiger partial charge in [-0.1, -0.05) is 20.3 Å². The minimum Gasteiger partial charge on any atom is -0.391 e. The largest absolute Gasteiger partial charge is 0.391 e. The van der Waals surface area contributed by atoms with Crippen molar-refractivity contribution in [2.75, 3.05) is 6.54 Å². The molecule has 1 rings (SSSR count). The van der Waals surface area contributed by atoms with Gasteiger partial charge in [-0.25, -0.2) is 0 Å². The van der Waals surface area contributed by atoms with Gasteiger partial charge in [-0.3, -0.25) is 14.4 Å². The van der Waals surface area contributed by atoms with Gasteiger partial charge in [0.05, 0.1) is 6.10 Å². The van der Waals surface area contributed by atoms with Crippen molar-refractivity contribution in [1.29, 1.82) is 0 Å². The summed E-state index contributed by atoms with van der Waals surface area (Å²) in [5.41, 5.74) is 5.30. The smallest absolute Gasteiger partial charge is 0.243 e. The van der Waals surface area contributed by atoms with Crippen molar-refractivity contribution in [1.82, 2.24) is 10.2 Å². The number of hydrogen-bond acceptors (Lipinski definition) is 4. The van der Waals surface area contributed by atoms with Crippen LogP contribution in [0.4, 0.5) is 0 Å². The van der Waals surface area contributed by atoms with E-state index in [-0.39, 0.29) is 24.8 Å². The number of aliphatic hydroxyl groups is 1. The molecule has 0 spiro atoms. The molecule has 0 aliphatic carbocycles. The molecule has 1 saturated heterocycles. The Balaban J connectivity index is 2.78. The molecule has 1 aliphatic rings. The van der Waals surface area contributed by atoms with Crippen molar-refractivity contribution in [2.24, 2.45) is 11.7 Å². The number of nitrogens with one attached hydrogen (secondary N) is 1. The lowest BCUT2D eigenvalue weighted by atomic mass is 9.98. The second-order valence-electron chi connectivity index (χ2n) is 5.35. The number of aliphatic hydroxyl groups excluding tert-OH is 1.